The molecule has 0 spiro atoms. The molecule has 1 atom stereocenters. The van der Waals surface area contributed by atoms with Gasteiger partial charge in [-0.25, -0.2) is 9.97 Å². The SMILES string of the molecule is C[C@H]1CNc2c(sc3ccc4nc(Nc5cc(F)ncc5C(N)=O)ccc4c23)C(=O)N1. The van der Waals surface area contributed by atoms with E-state index < -0.39 is 11.9 Å². The molecule has 2 amide bonds. The molecule has 0 saturated carbocycles. The van der Waals surface area contributed by atoms with Gasteiger partial charge in [0.2, 0.25) is 5.95 Å². The van der Waals surface area contributed by atoms with Crippen molar-refractivity contribution in [3.05, 3.63) is 52.9 Å². The highest BCUT2D eigenvalue weighted by Gasteiger charge is 2.24. The van der Waals surface area contributed by atoms with Crippen molar-refractivity contribution < 1.29 is 14.0 Å². The number of rotatable bonds is 3. The predicted octanol–water partition coefficient (Wildman–Crippen LogP) is 3.37. The maximum Gasteiger partial charge on any atom is 0.263 e. The van der Waals surface area contributed by atoms with Gasteiger partial charge in [-0.15, -0.1) is 11.3 Å². The highest BCUT2D eigenvalue weighted by Crippen LogP contribution is 2.41. The molecule has 0 unspecified atom stereocenters. The summed E-state index contributed by atoms with van der Waals surface area (Å²) in [4.78, 5) is 32.9. The number of carbonyl (C=O) groups excluding carboxylic acids is 2. The first kappa shape index (κ1) is 19.2. The van der Waals surface area contributed by atoms with Gasteiger partial charge < -0.3 is 21.7 Å². The number of hydrogen-bond acceptors (Lipinski definition) is 7. The molecule has 156 valence electrons. The third kappa shape index (κ3) is 3.30. The van der Waals surface area contributed by atoms with Crippen molar-refractivity contribution in [2.75, 3.05) is 17.2 Å². The molecular weight excluding hydrogens is 419 g/mol. The maximum atomic E-state index is 13.6. The Morgan fingerprint density at radius 2 is 2.16 bits per heavy atom. The Bertz CT molecular complexity index is 1390. The van der Waals surface area contributed by atoms with Crippen molar-refractivity contribution in [3.8, 4) is 0 Å². The van der Waals surface area contributed by atoms with E-state index in [-0.39, 0.29) is 23.2 Å². The van der Waals surface area contributed by atoms with Crippen LogP contribution < -0.4 is 21.7 Å². The first-order valence-corrected chi connectivity index (χ1v) is 10.4. The molecule has 1 aromatic carbocycles. The normalized spacial score (nSPS) is 15.8. The zero-order chi connectivity index (χ0) is 21.7. The fourth-order valence-corrected chi connectivity index (χ4v) is 4.76. The third-order valence-corrected chi connectivity index (χ3v) is 6.24. The summed E-state index contributed by atoms with van der Waals surface area (Å²) in [7, 11) is 0. The minimum atomic E-state index is -0.741. The number of aromatic nitrogens is 2. The monoisotopic (exact) mass is 436 g/mol. The molecule has 3 aromatic heterocycles. The van der Waals surface area contributed by atoms with Crippen LogP contribution in [0.4, 0.5) is 21.6 Å². The molecule has 0 fully saturated rings. The van der Waals surface area contributed by atoms with Gasteiger partial charge in [-0.1, -0.05) is 0 Å². The summed E-state index contributed by atoms with van der Waals surface area (Å²) >= 11 is 1.43. The number of nitrogens with two attached hydrogens (primary N) is 1. The number of anilines is 3. The van der Waals surface area contributed by atoms with E-state index in [1.54, 1.807) is 6.07 Å². The lowest BCUT2D eigenvalue weighted by atomic mass is 10.1. The number of thiophene rings is 1. The molecule has 8 nitrogen and oxygen atoms in total. The lowest BCUT2D eigenvalue weighted by molar-refractivity contribution is 0.0948. The van der Waals surface area contributed by atoms with E-state index in [1.165, 1.54) is 11.3 Å². The number of benzene rings is 1. The Hall–Kier alpha value is -3.79. The van der Waals surface area contributed by atoms with E-state index in [1.807, 2.05) is 25.1 Å². The van der Waals surface area contributed by atoms with E-state index in [0.717, 1.165) is 33.4 Å². The van der Waals surface area contributed by atoms with Gasteiger partial charge in [0.15, 0.2) is 0 Å². The number of nitrogens with one attached hydrogen (secondary N) is 3. The number of carbonyl (C=O) groups is 2. The van der Waals surface area contributed by atoms with Crippen LogP contribution in [-0.4, -0.2) is 34.4 Å². The third-order valence-electron chi connectivity index (χ3n) is 5.09. The molecule has 5 N–H and O–H groups in total. The lowest BCUT2D eigenvalue weighted by Crippen LogP contribution is -2.34. The van der Waals surface area contributed by atoms with Gasteiger partial charge in [-0.3, -0.25) is 9.59 Å². The van der Waals surface area contributed by atoms with Crippen molar-refractivity contribution in [1.29, 1.82) is 0 Å². The van der Waals surface area contributed by atoms with Crippen molar-refractivity contribution in [2.24, 2.45) is 5.73 Å². The number of hydrogen-bond donors (Lipinski definition) is 4. The molecule has 0 radical (unpaired) electrons. The summed E-state index contributed by atoms with van der Waals surface area (Å²) in [5.74, 6) is -1.14. The Morgan fingerprint density at radius 3 is 2.97 bits per heavy atom. The van der Waals surface area contributed by atoms with Gasteiger partial charge >= 0.3 is 0 Å². The molecule has 31 heavy (non-hydrogen) atoms. The number of primary amides is 1. The van der Waals surface area contributed by atoms with Gasteiger partial charge in [0.25, 0.3) is 11.8 Å². The molecule has 4 heterocycles. The summed E-state index contributed by atoms with van der Waals surface area (Å²) in [6, 6.07) is 8.52. The summed E-state index contributed by atoms with van der Waals surface area (Å²) in [6.45, 7) is 2.57. The van der Waals surface area contributed by atoms with E-state index in [2.05, 4.69) is 25.9 Å². The fourth-order valence-electron chi connectivity index (χ4n) is 3.66. The van der Waals surface area contributed by atoms with E-state index in [4.69, 9.17) is 5.73 Å². The predicted molar refractivity (Wildman–Crippen MR) is 119 cm³/mol. The van der Waals surface area contributed by atoms with Crippen LogP contribution in [0.1, 0.15) is 27.0 Å². The topological polar surface area (TPSA) is 122 Å². The van der Waals surface area contributed by atoms with Crippen LogP contribution in [0.5, 0.6) is 0 Å². The van der Waals surface area contributed by atoms with Gasteiger partial charge in [0, 0.05) is 40.3 Å². The largest absolute Gasteiger partial charge is 0.381 e. The first-order valence-electron chi connectivity index (χ1n) is 9.54. The first-order chi connectivity index (χ1) is 14.9. The van der Waals surface area contributed by atoms with Crippen LogP contribution in [0.15, 0.2) is 36.5 Å². The molecular formula is C21H17FN6O2S. The van der Waals surface area contributed by atoms with Gasteiger partial charge in [-0.05, 0) is 31.2 Å². The van der Waals surface area contributed by atoms with Crippen molar-refractivity contribution >= 4 is 61.3 Å². The Labute approximate surface area is 179 Å². The quantitative estimate of drug-likeness (QED) is 0.365. The van der Waals surface area contributed by atoms with E-state index >= 15 is 0 Å². The number of amides is 2. The van der Waals surface area contributed by atoms with E-state index in [0.29, 0.717) is 22.8 Å². The lowest BCUT2D eigenvalue weighted by Gasteiger charge is -2.11. The molecule has 5 rings (SSSR count). The standard InChI is InChI=1S/C21H17FN6O2S/c1-9-7-25-18-17-10-2-5-16(28-13-6-15(22)24-8-11(13)20(23)29)27-12(10)3-4-14(17)31-19(18)21(30)26-9/h2-6,8-9,25H,7H2,1H3,(H2,23,29)(H,26,30)(H,24,27,28)/t9-/m0/s1. The van der Waals surface area contributed by atoms with Gasteiger partial charge in [-0.2, -0.15) is 4.39 Å². The summed E-state index contributed by atoms with van der Waals surface area (Å²) < 4.78 is 14.6. The van der Waals surface area contributed by atoms with Crippen LogP contribution >= 0.6 is 11.3 Å². The second-order valence-corrected chi connectivity index (χ2v) is 8.36. The second-order valence-electron chi connectivity index (χ2n) is 7.31. The fraction of sp³-hybridized carbons (Fsp3) is 0.143. The molecule has 0 bridgehead atoms. The molecule has 1 aliphatic heterocycles. The van der Waals surface area contributed by atoms with Gasteiger partial charge in [0.1, 0.15) is 10.7 Å². The summed E-state index contributed by atoms with van der Waals surface area (Å²) in [6.07, 6.45) is 1.09. The summed E-state index contributed by atoms with van der Waals surface area (Å²) in [5.41, 5.74) is 7.10. The molecule has 10 heteroatoms. The van der Waals surface area contributed by atoms with Crippen molar-refractivity contribution in [2.45, 2.75) is 13.0 Å². The Balaban J connectivity index is 1.61. The minimum absolute atomic E-state index is 0.0197. The maximum absolute atomic E-state index is 13.6. The Morgan fingerprint density at radius 1 is 1.32 bits per heavy atom. The summed E-state index contributed by atoms with van der Waals surface area (Å²) in [5, 5.41) is 11.1. The average Bonchev–Trinajstić information content (AvgIpc) is 3.04. The highest BCUT2D eigenvalue weighted by atomic mass is 32.1. The molecule has 0 saturated heterocycles. The number of halogens is 1. The number of nitrogens with zero attached hydrogens (tertiary/aromatic N) is 2. The minimum Gasteiger partial charge on any atom is -0.381 e. The zero-order valence-electron chi connectivity index (χ0n) is 16.3. The van der Waals surface area contributed by atoms with Crippen LogP contribution in [-0.2, 0) is 0 Å². The van der Waals surface area contributed by atoms with Crippen LogP contribution in [0.25, 0.3) is 21.0 Å². The van der Waals surface area contributed by atoms with E-state index in [9.17, 15) is 14.0 Å². The smallest absolute Gasteiger partial charge is 0.263 e. The second kappa shape index (κ2) is 7.17. The van der Waals surface area contributed by atoms with Crippen LogP contribution in [0.2, 0.25) is 0 Å². The zero-order valence-corrected chi connectivity index (χ0v) is 17.1. The van der Waals surface area contributed by atoms with Crippen LogP contribution in [0.3, 0.4) is 0 Å². The average molecular weight is 436 g/mol. The Kier molecular flexibility index (Phi) is 4.44. The highest BCUT2D eigenvalue weighted by molar-refractivity contribution is 7.21. The number of pyridine rings is 2. The van der Waals surface area contributed by atoms with Crippen molar-refractivity contribution in [3.63, 3.8) is 0 Å². The number of fused-ring (bicyclic) bond motifs is 5. The molecule has 0 aliphatic carbocycles. The van der Waals surface area contributed by atoms with Gasteiger partial charge in [0.05, 0.1) is 22.5 Å². The molecule has 1 aliphatic rings. The molecule has 4 aromatic rings. The van der Waals surface area contributed by atoms with Crippen LogP contribution in [0, 0.1) is 5.95 Å². The van der Waals surface area contributed by atoms with Crippen molar-refractivity contribution in [1.82, 2.24) is 15.3 Å².